The fraction of sp³-hybridized carbons (Fsp3) is 0.227. The van der Waals surface area contributed by atoms with Crippen molar-refractivity contribution in [2.24, 2.45) is 0 Å². The molecule has 0 radical (unpaired) electrons. The minimum atomic E-state index is -0.802. The summed E-state index contributed by atoms with van der Waals surface area (Å²) in [5.41, 5.74) is 3.92. The highest BCUT2D eigenvalue weighted by atomic mass is 16.5. The Hall–Kier alpha value is -3.61. The second-order valence-electron chi connectivity index (χ2n) is 7.14. The molecule has 3 aromatic rings. The van der Waals surface area contributed by atoms with E-state index in [-0.39, 0.29) is 12.5 Å². The summed E-state index contributed by atoms with van der Waals surface area (Å²) in [7, 11) is 1.67. The molecule has 1 aliphatic heterocycles. The zero-order chi connectivity index (χ0) is 20.4. The molecule has 7 heteroatoms. The van der Waals surface area contributed by atoms with E-state index >= 15 is 0 Å². The largest absolute Gasteiger partial charge is 0.489 e. The van der Waals surface area contributed by atoms with E-state index in [0.29, 0.717) is 17.9 Å². The Bertz CT molecular complexity index is 1060. The van der Waals surface area contributed by atoms with Crippen molar-refractivity contribution in [2.45, 2.75) is 19.4 Å². The van der Waals surface area contributed by atoms with Crippen LogP contribution in [0.2, 0.25) is 0 Å². The first-order chi connectivity index (χ1) is 14.0. The lowest BCUT2D eigenvalue weighted by Crippen LogP contribution is -2.50. The number of anilines is 1. The summed E-state index contributed by atoms with van der Waals surface area (Å²) >= 11 is 0. The lowest BCUT2D eigenvalue weighted by atomic mass is 10.1. The summed E-state index contributed by atoms with van der Waals surface area (Å²) in [6.45, 7) is 2.10. The summed E-state index contributed by atoms with van der Waals surface area (Å²) in [6, 6.07) is 14.2. The molecule has 1 aromatic heterocycles. The van der Waals surface area contributed by atoms with Crippen LogP contribution in [0, 0.1) is 6.92 Å². The molecular weight excluding hydrogens is 368 g/mol. The van der Waals surface area contributed by atoms with Crippen LogP contribution in [-0.4, -0.2) is 41.4 Å². The topological polar surface area (TPSA) is 76.5 Å². The van der Waals surface area contributed by atoms with E-state index in [0.717, 1.165) is 11.1 Å². The van der Waals surface area contributed by atoms with Gasteiger partial charge in [0.15, 0.2) is 0 Å². The lowest BCUT2D eigenvalue weighted by molar-refractivity contribution is -0.120. The Labute approximate surface area is 168 Å². The van der Waals surface area contributed by atoms with Crippen LogP contribution in [0.5, 0.6) is 5.75 Å². The van der Waals surface area contributed by atoms with Gasteiger partial charge in [0.25, 0.3) is 5.91 Å². The second-order valence-corrected chi connectivity index (χ2v) is 7.14. The molecule has 2 heterocycles. The molecule has 4 rings (SSSR count). The number of benzene rings is 2. The van der Waals surface area contributed by atoms with Crippen LogP contribution in [0.3, 0.4) is 0 Å². The molecule has 148 valence electrons. The third kappa shape index (κ3) is 3.99. The molecule has 1 aliphatic rings. The number of carbonyl (C=O) groups is 2. The van der Waals surface area contributed by atoms with Crippen LogP contribution < -0.4 is 15.0 Å². The number of likely N-dealkylation sites (N-methyl/N-ethyl adjacent to an activating group) is 1. The Morgan fingerprint density at radius 2 is 2.03 bits per heavy atom. The number of aromatic nitrogens is 2. The van der Waals surface area contributed by atoms with Crippen LogP contribution in [0.25, 0.3) is 0 Å². The van der Waals surface area contributed by atoms with Crippen molar-refractivity contribution >= 4 is 17.6 Å². The molecule has 2 amide bonds. The van der Waals surface area contributed by atoms with Gasteiger partial charge in [-0.15, -0.1) is 0 Å². The highest BCUT2D eigenvalue weighted by molar-refractivity contribution is 6.00. The van der Waals surface area contributed by atoms with Crippen LogP contribution in [0.15, 0.2) is 60.9 Å². The number of aryl methyl sites for hydroxylation is 1. The first-order valence-electron chi connectivity index (χ1n) is 9.40. The Kier molecular flexibility index (Phi) is 5.03. The van der Waals surface area contributed by atoms with Gasteiger partial charge < -0.3 is 15.0 Å². The number of hydrogen-bond acceptors (Lipinski definition) is 4. The number of ether oxygens (including phenoxy) is 1. The Morgan fingerprint density at radius 1 is 1.21 bits per heavy atom. The number of nitrogens with zero attached hydrogens (tertiary/aromatic N) is 3. The molecule has 1 N–H and O–H groups in total. The second kappa shape index (κ2) is 7.79. The van der Waals surface area contributed by atoms with Crippen LogP contribution in [0.4, 0.5) is 10.5 Å². The summed E-state index contributed by atoms with van der Waals surface area (Å²) in [4.78, 5) is 26.9. The highest BCUT2D eigenvalue weighted by Crippen LogP contribution is 2.29. The maximum atomic E-state index is 12.8. The minimum Gasteiger partial charge on any atom is -0.489 e. The Balaban J connectivity index is 1.44. The fourth-order valence-electron chi connectivity index (χ4n) is 3.39. The molecule has 7 nitrogen and oxygen atoms in total. The number of hydrogen-bond donors (Lipinski definition) is 1. The van der Waals surface area contributed by atoms with Crippen molar-refractivity contribution in [3.8, 4) is 5.75 Å². The molecular formula is C22H22N4O3. The number of para-hydroxylation sites is 2. The first kappa shape index (κ1) is 18.7. The van der Waals surface area contributed by atoms with Gasteiger partial charge in [-0.2, -0.15) is 9.78 Å². The van der Waals surface area contributed by atoms with E-state index in [1.165, 1.54) is 15.1 Å². The molecule has 0 unspecified atom stereocenters. The number of amides is 2. The van der Waals surface area contributed by atoms with E-state index in [4.69, 9.17) is 4.74 Å². The van der Waals surface area contributed by atoms with Crippen molar-refractivity contribution < 1.29 is 14.3 Å². The smallest absolute Gasteiger partial charge is 0.342 e. The van der Waals surface area contributed by atoms with Crippen LogP contribution in [-0.2, 0) is 11.2 Å². The quantitative estimate of drug-likeness (QED) is 0.746. The normalized spacial score (nSPS) is 16.0. The van der Waals surface area contributed by atoms with E-state index < -0.39 is 12.1 Å². The maximum absolute atomic E-state index is 12.8. The number of rotatable bonds is 3. The predicted molar refractivity (Wildman–Crippen MR) is 109 cm³/mol. The maximum Gasteiger partial charge on any atom is 0.342 e. The van der Waals surface area contributed by atoms with E-state index in [9.17, 15) is 9.59 Å². The van der Waals surface area contributed by atoms with Gasteiger partial charge in [-0.1, -0.05) is 42.0 Å². The number of carbonyl (C=O) groups excluding carboxylic acids is 2. The fourth-order valence-corrected chi connectivity index (χ4v) is 3.39. The third-order valence-electron chi connectivity index (χ3n) is 4.89. The molecule has 29 heavy (non-hydrogen) atoms. The van der Waals surface area contributed by atoms with Gasteiger partial charge >= 0.3 is 6.03 Å². The molecule has 0 bridgehead atoms. The average molecular weight is 390 g/mol. The van der Waals surface area contributed by atoms with Crippen molar-refractivity contribution in [1.82, 2.24) is 15.1 Å². The van der Waals surface area contributed by atoms with E-state index in [1.807, 2.05) is 43.3 Å². The van der Waals surface area contributed by atoms with Gasteiger partial charge in [0, 0.05) is 19.7 Å². The van der Waals surface area contributed by atoms with Crippen LogP contribution in [0.1, 0.15) is 16.7 Å². The van der Waals surface area contributed by atoms with Crippen molar-refractivity contribution in [2.75, 3.05) is 18.6 Å². The third-order valence-corrected chi connectivity index (χ3v) is 4.89. The Morgan fingerprint density at radius 3 is 2.86 bits per heavy atom. The monoisotopic (exact) mass is 390 g/mol. The molecule has 0 aliphatic carbocycles. The molecule has 0 fully saturated rings. The van der Waals surface area contributed by atoms with Crippen molar-refractivity contribution in [3.63, 3.8) is 0 Å². The summed E-state index contributed by atoms with van der Waals surface area (Å²) < 4.78 is 6.95. The van der Waals surface area contributed by atoms with Gasteiger partial charge in [-0.3, -0.25) is 4.79 Å². The lowest BCUT2D eigenvalue weighted by Gasteiger charge is -2.20. The van der Waals surface area contributed by atoms with Gasteiger partial charge in [0.1, 0.15) is 18.4 Å². The standard InChI is InChI=1S/C22H22N4O3/c1-15-6-5-7-16(10-15)11-17-12-23-26(13-17)22(28)24-18-14-29-20-9-4-3-8-19(20)25(2)21(18)27/h3-10,12-13,18H,11,14H2,1-2H3,(H,24,28)/t18-/m0/s1. The van der Waals surface area contributed by atoms with E-state index in [1.54, 1.807) is 25.5 Å². The van der Waals surface area contributed by atoms with Crippen molar-refractivity contribution in [1.29, 1.82) is 0 Å². The van der Waals surface area contributed by atoms with Gasteiger partial charge in [-0.25, -0.2) is 4.79 Å². The minimum absolute atomic E-state index is 0.0589. The van der Waals surface area contributed by atoms with E-state index in [2.05, 4.69) is 16.5 Å². The molecule has 0 saturated carbocycles. The average Bonchev–Trinajstić information content (AvgIpc) is 3.14. The van der Waals surface area contributed by atoms with Crippen LogP contribution >= 0.6 is 0 Å². The first-order valence-corrected chi connectivity index (χ1v) is 9.40. The van der Waals surface area contributed by atoms with Gasteiger partial charge in [0.2, 0.25) is 0 Å². The predicted octanol–water partition coefficient (Wildman–Crippen LogP) is 2.76. The van der Waals surface area contributed by atoms with Crippen molar-refractivity contribution in [3.05, 3.63) is 77.6 Å². The SMILES string of the molecule is Cc1cccc(Cc2cnn(C(=O)N[C@H]3COc4ccccc4N(C)C3=O)c2)c1. The molecule has 1 atom stereocenters. The number of nitrogens with one attached hydrogen (secondary N) is 1. The zero-order valence-electron chi connectivity index (χ0n) is 16.3. The molecule has 0 spiro atoms. The number of fused-ring (bicyclic) bond motifs is 1. The molecule has 0 saturated heterocycles. The van der Waals surface area contributed by atoms with Gasteiger partial charge in [-0.05, 0) is 30.2 Å². The summed E-state index contributed by atoms with van der Waals surface area (Å²) in [5, 5.41) is 6.87. The summed E-state index contributed by atoms with van der Waals surface area (Å²) in [6.07, 6.45) is 4.02. The highest BCUT2D eigenvalue weighted by Gasteiger charge is 2.30. The molecule has 2 aromatic carbocycles. The zero-order valence-corrected chi connectivity index (χ0v) is 16.3. The summed E-state index contributed by atoms with van der Waals surface area (Å²) in [5.74, 6) is 0.370. The van der Waals surface area contributed by atoms with Gasteiger partial charge in [0.05, 0.1) is 11.9 Å².